The van der Waals surface area contributed by atoms with Crippen molar-refractivity contribution in [1.82, 2.24) is 5.32 Å². The Morgan fingerprint density at radius 2 is 2.06 bits per heavy atom. The van der Waals surface area contributed by atoms with Gasteiger partial charge in [-0.05, 0) is 18.2 Å². The van der Waals surface area contributed by atoms with Gasteiger partial charge in [0.2, 0.25) is 0 Å². The van der Waals surface area contributed by atoms with Crippen molar-refractivity contribution in [3.05, 3.63) is 28.2 Å². The average molecular weight is 278 g/mol. The minimum absolute atomic E-state index is 0.281. The third-order valence-electron chi connectivity index (χ3n) is 1.69. The lowest BCUT2D eigenvalue weighted by Gasteiger charge is -2.07. The maximum absolute atomic E-state index is 11.1. The summed E-state index contributed by atoms with van der Waals surface area (Å²) in [5.41, 5.74) is 0. The molecule has 1 rings (SSSR count). The molecule has 0 fully saturated rings. The van der Waals surface area contributed by atoms with Crippen molar-refractivity contribution < 1.29 is 19.4 Å². The Balaban J connectivity index is 2.44. The second kappa shape index (κ2) is 6.32. The highest BCUT2D eigenvalue weighted by molar-refractivity contribution is 6.35. The van der Waals surface area contributed by atoms with E-state index in [0.29, 0.717) is 10.8 Å². The van der Waals surface area contributed by atoms with Crippen LogP contribution in [0.15, 0.2) is 18.2 Å². The first kappa shape index (κ1) is 13.6. The summed E-state index contributed by atoms with van der Waals surface area (Å²) in [6, 6.07) is 4.57. The topological polar surface area (TPSA) is 75.6 Å². The molecule has 0 aliphatic rings. The Bertz CT molecular complexity index is 436. The predicted molar refractivity (Wildman–Crippen MR) is 62.6 cm³/mol. The Morgan fingerprint density at radius 3 is 2.65 bits per heavy atom. The first-order chi connectivity index (χ1) is 7.99. The Hall–Kier alpha value is -1.46. The lowest BCUT2D eigenvalue weighted by molar-refractivity contribution is -0.138. The molecule has 7 heteroatoms. The van der Waals surface area contributed by atoms with Crippen LogP contribution in [0.3, 0.4) is 0 Å². The van der Waals surface area contributed by atoms with Gasteiger partial charge in [0.15, 0.2) is 6.61 Å². The Kier molecular flexibility index (Phi) is 5.06. The van der Waals surface area contributed by atoms with Crippen LogP contribution in [0.5, 0.6) is 5.75 Å². The molecule has 17 heavy (non-hydrogen) atoms. The number of amides is 1. The standard InChI is InChI=1S/C10H9Cl2NO4/c11-6-1-2-8(7(12)3-6)17-5-9(14)13-4-10(15)16/h1-3H,4-5H2,(H,13,14)(H,15,16). The molecular formula is C10H9Cl2NO4. The number of ether oxygens (including phenoxy) is 1. The van der Waals surface area contributed by atoms with Gasteiger partial charge in [-0.3, -0.25) is 9.59 Å². The molecule has 0 aliphatic carbocycles. The fourth-order valence-corrected chi connectivity index (χ4v) is 1.42. The summed E-state index contributed by atoms with van der Waals surface area (Å²) in [6.45, 7) is -0.759. The van der Waals surface area contributed by atoms with E-state index >= 15 is 0 Å². The molecule has 0 radical (unpaired) electrons. The van der Waals surface area contributed by atoms with Crippen molar-refractivity contribution in [2.45, 2.75) is 0 Å². The summed E-state index contributed by atoms with van der Waals surface area (Å²) in [6.07, 6.45) is 0. The molecule has 0 aromatic heterocycles. The van der Waals surface area contributed by atoms with Crippen LogP contribution in [0.1, 0.15) is 0 Å². The second-order valence-corrected chi connectivity index (χ2v) is 3.88. The highest BCUT2D eigenvalue weighted by atomic mass is 35.5. The highest BCUT2D eigenvalue weighted by Crippen LogP contribution is 2.27. The molecule has 0 spiro atoms. The van der Waals surface area contributed by atoms with Crippen molar-refractivity contribution >= 4 is 35.1 Å². The van der Waals surface area contributed by atoms with Crippen molar-refractivity contribution in [2.24, 2.45) is 0 Å². The molecule has 1 aromatic rings. The Morgan fingerprint density at radius 1 is 1.35 bits per heavy atom. The van der Waals surface area contributed by atoms with Gasteiger partial charge >= 0.3 is 5.97 Å². The maximum atomic E-state index is 11.1. The lowest BCUT2D eigenvalue weighted by Crippen LogP contribution is -2.33. The fraction of sp³-hybridized carbons (Fsp3) is 0.200. The molecule has 0 saturated heterocycles. The van der Waals surface area contributed by atoms with Gasteiger partial charge < -0.3 is 15.2 Å². The minimum Gasteiger partial charge on any atom is -0.482 e. The molecule has 2 N–H and O–H groups in total. The molecule has 5 nitrogen and oxygen atoms in total. The second-order valence-electron chi connectivity index (χ2n) is 3.03. The fourth-order valence-electron chi connectivity index (χ4n) is 0.961. The smallest absolute Gasteiger partial charge is 0.322 e. The van der Waals surface area contributed by atoms with E-state index in [1.165, 1.54) is 12.1 Å². The summed E-state index contributed by atoms with van der Waals surface area (Å²) < 4.78 is 5.09. The first-order valence-corrected chi connectivity index (χ1v) is 5.31. The number of nitrogens with one attached hydrogen (secondary N) is 1. The minimum atomic E-state index is -1.12. The summed E-state index contributed by atoms with van der Waals surface area (Å²) >= 11 is 11.5. The number of carbonyl (C=O) groups is 2. The zero-order chi connectivity index (χ0) is 12.8. The first-order valence-electron chi connectivity index (χ1n) is 4.55. The van der Waals surface area contributed by atoms with E-state index in [1.807, 2.05) is 0 Å². The van der Waals surface area contributed by atoms with Crippen molar-refractivity contribution in [1.29, 1.82) is 0 Å². The molecule has 1 aromatic carbocycles. The summed E-state index contributed by atoms with van der Waals surface area (Å²) in [5.74, 6) is -1.36. The number of carboxylic acids is 1. The average Bonchev–Trinajstić information content (AvgIpc) is 2.25. The molecule has 92 valence electrons. The number of carbonyl (C=O) groups excluding carboxylic acids is 1. The van der Waals surface area contributed by atoms with E-state index in [0.717, 1.165) is 0 Å². The van der Waals surface area contributed by atoms with Gasteiger partial charge in [-0.15, -0.1) is 0 Å². The van der Waals surface area contributed by atoms with E-state index in [1.54, 1.807) is 6.07 Å². The van der Waals surface area contributed by atoms with E-state index in [9.17, 15) is 9.59 Å². The largest absolute Gasteiger partial charge is 0.482 e. The SMILES string of the molecule is O=C(O)CNC(=O)COc1ccc(Cl)cc1Cl. The molecular weight excluding hydrogens is 269 g/mol. The zero-order valence-electron chi connectivity index (χ0n) is 8.57. The van der Waals surface area contributed by atoms with Crippen LogP contribution in [0.2, 0.25) is 10.0 Å². The van der Waals surface area contributed by atoms with Crippen molar-refractivity contribution in [3.8, 4) is 5.75 Å². The maximum Gasteiger partial charge on any atom is 0.322 e. The highest BCUT2D eigenvalue weighted by Gasteiger charge is 2.07. The van der Waals surface area contributed by atoms with E-state index in [-0.39, 0.29) is 11.6 Å². The van der Waals surface area contributed by atoms with Crippen molar-refractivity contribution in [3.63, 3.8) is 0 Å². The van der Waals surface area contributed by atoms with Gasteiger partial charge in [-0.2, -0.15) is 0 Å². The number of halogens is 2. The van der Waals surface area contributed by atoms with Gasteiger partial charge in [0.25, 0.3) is 5.91 Å². The molecule has 1 amide bonds. The van der Waals surface area contributed by atoms with Crippen LogP contribution >= 0.6 is 23.2 Å². The molecule has 0 aliphatic heterocycles. The van der Waals surface area contributed by atoms with Gasteiger partial charge in [0.1, 0.15) is 12.3 Å². The zero-order valence-corrected chi connectivity index (χ0v) is 10.1. The van der Waals surface area contributed by atoms with Crippen LogP contribution in [0.4, 0.5) is 0 Å². The van der Waals surface area contributed by atoms with Gasteiger partial charge in [0.05, 0.1) is 5.02 Å². The number of hydrogen-bond acceptors (Lipinski definition) is 3. The summed E-state index contributed by atoms with van der Waals surface area (Å²) in [4.78, 5) is 21.3. The molecule has 0 atom stereocenters. The monoisotopic (exact) mass is 277 g/mol. The molecule has 0 heterocycles. The van der Waals surface area contributed by atoms with Crippen LogP contribution in [-0.2, 0) is 9.59 Å². The number of aliphatic carboxylic acids is 1. The van der Waals surface area contributed by atoms with E-state index in [4.69, 9.17) is 33.0 Å². The van der Waals surface area contributed by atoms with Gasteiger partial charge in [-0.25, -0.2) is 0 Å². The number of rotatable bonds is 5. The van der Waals surface area contributed by atoms with E-state index in [2.05, 4.69) is 5.32 Å². The van der Waals surface area contributed by atoms with Crippen LogP contribution in [0, 0.1) is 0 Å². The van der Waals surface area contributed by atoms with Gasteiger partial charge in [-0.1, -0.05) is 23.2 Å². The summed E-state index contributed by atoms with van der Waals surface area (Å²) in [5, 5.41) is 11.2. The molecule has 0 saturated carbocycles. The molecule has 0 unspecified atom stereocenters. The normalized spacial score (nSPS) is 9.76. The van der Waals surface area contributed by atoms with Crippen LogP contribution in [0.25, 0.3) is 0 Å². The quantitative estimate of drug-likeness (QED) is 0.857. The number of carboxylic acid groups (broad SMARTS) is 1. The number of benzene rings is 1. The van der Waals surface area contributed by atoms with E-state index < -0.39 is 18.4 Å². The summed E-state index contributed by atoms with van der Waals surface area (Å²) in [7, 11) is 0. The van der Waals surface area contributed by atoms with Crippen molar-refractivity contribution in [2.75, 3.05) is 13.2 Å². The lowest BCUT2D eigenvalue weighted by atomic mass is 10.3. The van der Waals surface area contributed by atoms with Crippen LogP contribution < -0.4 is 10.1 Å². The third-order valence-corrected chi connectivity index (χ3v) is 2.22. The van der Waals surface area contributed by atoms with Crippen LogP contribution in [-0.4, -0.2) is 30.1 Å². The third kappa shape index (κ3) is 4.93. The van der Waals surface area contributed by atoms with Gasteiger partial charge in [0, 0.05) is 5.02 Å². The predicted octanol–water partition coefficient (Wildman–Crippen LogP) is 1.57. The Labute approximate surface area is 107 Å². The molecule has 0 bridgehead atoms. The number of hydrogen-bond donors (Lipinski definition) is 2.